The van der Waals surface area contributed by atoms with Crippen molar-refractivity contribution >= 4 is 16.8 Å². The maximum Gasteiger partial charge on any atom is 0.253 e. The lowest BCUT2D eigenvalue weighted by molar-refractivity contribution is -0.176. The second-order valence-corrected chi connectivity index (χ2v) is 12.2. The van der Waals surface area contributed by atoms with Crippen LogP contribution in [0.3, 0.4) is 0 Å². The van der Waals surface area contributed by atoms with Crippen molar-refractivity contribution in [1.29, 1.82) is 5.26 Å². The molecule has 0 radical (unpaired) electrons. The molecule has 1 N–H and O–H groups in total. The number of piperidine rings is 1. The van der Waals surface area contributed by atoms with Gasteiger partial charge in [-0.2, -0.15) is 5.26 Å². The van der Waals surface area contributed by atoms with Crippen molar-refractivity contribution in [3.63, 3.8) is 0 Å². The number of nitrogens with one attached hydrogen (secondary N) is 1. The van der Waals surface area contributed by atoms with E-state index in [-0.39, 0.29) is 5.91 Å². The summed E-state index contributed by atoms with van der Waals surface area (Å²) in [5.74, 6) is 1.45. The smallest absolute Gasteiger partial charge is 0.253 e. The molecule has 2 spiro atoms. The van der Waals surface area contributed by atoms with Gasteiger partial charge in [-0.05, 0) is 80.9 Å². The van der Waals surface area contributed by atoms with Crippen molar-refractivity contribution in [3.8, 4) is 11.8 Å². The minimum atomic E-state index is 0.146. The summed E-state index contributed by atoms with van der Waals surface area (Å²) in [5, 5.41) is 10.3. The third-order valence-electron chi connectivity index (χ3n) is 9.35. The average Bonchev–Trinajstić information content (AvgIpc) is 3.39. The van der Waals surface area contributed by atoms with Gasteiger partial charge in [0.05, 0.1) is 31.8 Å². The van der Waals surface area contributed by atoms with Gasteiger partial charge in [0.15, 0.2) is 0 Å². The predicted molar refractivity (Wildman–Crippen MR) is 150 cm³/mol. The molecule has 39 heavy (non-hydrogen) atoms. The fraction of sp³-hybridized carbons (Fsp3) is 0.500. The molecule has 1 saturated carbocycles. The van der Waals surface area contributed by atoms with Crippen molar-refractivity contribution in [2.24, 2.45) is 16.7 Å². The zero-order valence-corrected chi connectivity index (χ0v) is 23.0. The Bertz CT molecular complexity index is 1360. The molecule has 1 amide bonds. The van der Waals surface area contributed by atoms with Crippen molar-refractivity contribution < 1.29 is 14.3 Å². The largest absolute Gasteiger partial charge is 0.496 e. The summed E-state index contributed by atoms with van der Waals surface area (Å²) in [4.78, 5) is 19.7. The molecule has 4 aliphatic rings. The van der Waals surface area contributed by atoms with E-state index in [0.29, 0.717) is 16.7 Å². The first-order valence-electron chi connectivity index (χ1n) is 14.1. The van der Waals surface area contributed by atoms with E-state index in [9.17, 15) is 4.79 Å². The number of hydrogen-bond acceptors (Lipinski definition) is 5. The van der Waals surface area contributed by atoms with Gasteiger partial charge in [0.2, 0.25) is 0 Å². The number of carbonyl (C=O) groups excluding carboxylic acids is 1. The zero-order chi connectivity index (χ0) is 27.0. The van der Waals surface area contributed by atoms with Gasteiger partial charge in [0, 0.05) is 53.8 Å². The Balaban J connectivity index is 0.000000158. The summed E-state index contributed by atoms with van der Waals surface area (Å²) in [6.45, 7) is 8.69. The van der Waals surface area contributed by atoms with E-state index in [1.165, 1.54) is 34.9 Å². The Kier molecular flexibility index (Phi) is 6.86. The van der Waals surface area contributed by atoms with Crippen molar-refractivity contribution in [1.82, 2.24) is 14.8 Å². The van der Waals surface area contributed by atoms with E-state index in [4.69, 9.17) is 14.7 Å². The van der Waals surface area contributed by atoms with E-state index in [0.717, 1.165) is 70.1 Å². The molecule has 7 heteroatoms. The number of nitriles is 1. The lowest BCUT2D eigenvalue weighted by atomic mass is 9.58. The third-order valence-corrected chi connectivity index (χ3v) is 9.35. The van der Waals surface area contributed by atoms with Crippen molar-refractivity contribution in [3.05, 3.63) is 65.4 Å². The number of H-pyrrole nitrogens is 1. The molecular weight excluding hydrogens is 488 g/mol. The molecule has 7 nitrogen and oxygen atoms in total. The monoisotopic (exact) mass is 526 g/mol. The number of benzene rings is 2. The molecule has 3 saturated heterocycles. The number of carbonyl (C=O) groups is 1. The van der Waals surface area contributed by atoms with Crippen LogP contribution in [0.2, 0.25) is 0 Å². The molecule has 4 fully saturated rings. The molecule has 7 rings (SSSR count). The summed E-state index contributed by atoms with van der Waals surface area (Å²) in [6, 6.07) is 16.2. The van der Waals surface area contributed by atoms with Crippen LogP contribution in [0.1, 0.15) is 47.2 Å². The van der Waals surface area contributed by atoms with Gasteiger partial charge >= 0.3 is 0 Å². The lowest BCUT2D eigenvalue weighted by Gasteiger charge is -2.54. The molecule has 0 bridgehead atoms. The van der Waals surface area contributed by atoms with E-state index in [1.807, 2.05) is 41.4 Å². The average molecular weight is 527 g/mol. The first-order chi connectivity index (χ1) is 18.9. The predicted octanol–water partition coefficient (Wildman–Crippen LogP) is 5.16. The number of likely N-dealkylation sites (tertiary alicyclic amines) is 2. The maximum absolute atomic E-state index is 11.9. The van der Waals surface area contributed by atoms with Crippen LogP contribution >= 0.6 is 0 Å². The Hall–Kier alpha value is -3.34. The van der Waals surface area contributed by atoms with Crippen LogP contribution in [-0.2, 0) is 11.3 Å². The highest BCUT2D eigenvalue weighted by Crippen LogP contribution is 2.52. The van der Waals surface area contributed by atoms with Gasteiger partial charge in [-0.1, -0.05) is 18.2 Å². The molecular formula is C32H38N4O3. The highest BCUT2D eigenvalue weighted by molar-refractivity contribution is 5.94. The van der Waals surface area contributed by atoms with Crippen LogP contribution in [0, 0.1) is 35.0 Å². The molecule has 0 atom stereocenters. The van der Waals surface area contributed by atoms with E-state index < -0.39 is 0 Å². The van der Waals surface area contributed by atoms with Gasteiger partial charge < -0.3 is 19.4 Å². The van der Waals surface area contributed by atoms with Gasteiger partial charge in [0.1, 0.15) is 5.75 Å². The number of nitrogens with zero attached hydrogens (tertiary/aromatic N) is 3. The first kappa shape index (κ1) is 25.9. The fourth-order valence-electron chi connectivity index (χ4n) is 6.92. The van der Waals surface area contributed by atoms with E-state index in [2.05, 4.69) is 35.0 Å². The second kappa shape index (κ2) is 10.3. The molecule has 1 aromatic heterocycles. The van der Waals surface area contributed by atoms with Crippen LogP contribution in [0.25, 0.3) is 10.9 Å². The number of amides is 1. The lowest BCUT2D eigenvalue weighted by Crippen LogP contribution is -2.67. The number of rotatable bonds is 4. The highest BCUT2D eigenvalue weighted by atomic mass is 16.5. The van der Waals surface area contributed by atoms with Crippen molar-refractivity contribution in [2.75, 3.05) is 46.5 Å². The number of aromatic nitrogens is 1. The normalized spacial score (nSPS) is 21.3. The molecule has 3 aliphatic heterocycles. The number of aryl methyl sites for hydroxylation is 1. The standard InChI is InChI=1S/C20H25N3O.C12H13NO2/c1-14-9-18(24-2)17(16-3-6-22-19(14)16)13-23-7-4-20(5-8-23)10-15(11-20)12-21;14-11(10-4-2-1-3-5-10)13-6-12(7-13)8-15-9-12/h3,6,9,15,22H,4-5,7-8,10-11,13H2,1-2H3;1-5H,6-9H2. The summed E-state index contributed by atoms with van der Waals surface area (Å²) < 4.78 is 10.8. The summed E-state index contributed by atoms with van der Waals surface area (Å²) in [6.07, 6.45) is 6.72. The number of fused-ring (bicyclic) bond motifs is 1. The van der Waals surface area contributed by atoms with E-state index in [1.54, 1.807) is 7.11 Å². The van der Waals surface area contributed by atoms with Crippen LogP contribution < -0.4 is 4.74 Å². The topological polar surface area (TPSA) is 81.6 Å². The number of aromatic amines is 1. The minimum absolute atomic E-state index is 0.146. The Morgan fingerprint density at radius 1 is 1.13 bits per heavy atom. The van der Waals surface area contributed by atoms with Crippen LogP contribution in [-0.4, -0.2) is 67.2 Å². The van der Waals surface area contributed by atoms with E-state index >= 15 is 0 Å². The van der Waals surface area contributed by atoms with Crippen LogP contribution in [0.4, 0.5) is 0 Å². The van der Waals surface area contributed by atoms with Crippen LogP contribution in [0.15, 0.2) is 48.7 Å². The number of ether oxygens (including phenoxy) is 2. The quantitative estimate of drug-likeness (QED) is 0.508. The minimum Gasteiger partial charge on any atom is -0.496 e. The molecule has 0 unspecified atom stereocenters. The highest BCUT2D eigenvalue weighted by Gasteiger charge is 2.50. The molecule has 4 heterocycles. The molecule has 204 valence electrons. The number of hydrogen-bond donors (Lipinski definition) is 1. The third kappa shape index (κ3) is 4.92. The Morgan fingerprint density at radius 2 is 1.85 bits per heavy atom. The van der Waals surface area contributed by atoms with Crippen molar-refractivity contribution in [2.45, 2.75) is 39.2 Å². The van der Waals surface area contributed by atoms with Gasteiger partial charge in [0.25, 0.3) is 5.91 Å². The molecule has 1 aliphatic carbocycles. The Morgan fingerprint density at radius 3 is 2.46 bits per heavy atom. The maximum atomic E-state index is 11.9. The Labute approximate surface area is 230 Å². The molecule has 3 aromatic rings. The van der Waals surface area contributed by atoms with Gasteiger partial charge in [-0.3, -0.25) is 9.69 Å². The fourth-order valence-corrected chi connectivity index (χ4v) is 6.92. The SMILES string of the molecule is COc1cc(C)c2[nH]ccc2c1CN1CCC2(CC1)CC(C#N)C2.O=C(c1ccccc1)N1CC2(COC2)C1. The zero-order valence-electron chi connectivity index (χ0n) is 23.0. The summed E-state index contributed by atoms with van der Waals surface area (Å²) >= 11 is 0. The van der Waals surface area contributed by atoms with Gasteiger partial charge in [-0.25, -0.2) is 0 Å². The van der Waals surface area contributed by atoms with Crippen LogP contribution in [0.5, 0.6) is 5.75 Å². The summed E-state index contributed by atoms with van der Waals surface area (Å²) in [7, 11) is 1.76. The first-order valence-corrected chi connectivity index (χ1v) is 14.1. The van der Waals surface area contributed by atoms with Gasteiger partial charge in [-0.15, -0.1) is 0 Å². The molecule has 2 aromatic carbocycles. The summed E-state index contributed by atoms with van der Waals surface area (Å²) in [5.41, 5.74) is 5.30. The second-order valence-electron chi connectivity index (χ2n) is 12.2. The number of methoxy groups -OCH3 is 1.